The van der Waals surface area contributed by atoms with Crippen LogP contribution in [-0.2, 0) is 0 Å². The summed E-state index contributed by atoms with van der Waals surface area (Å²) in [6.07, 6.45) is -4.76. The maximum Gasteiger partial charge on any atom is 0.573 e. The molecule has 0 saturated heterocycles. The first-order valence-corrected chi connectivity index (χ1v) is 3.78. The van der Waals surface area contributed by atoms with E-state index in [1.165, 1.54) is 0 Å². The fourth-order valence-corrected chi connectivity index (χ4v) is 0.902. The van der Waals surface area contributed by atoms with E-state index in [4.69, 9.17) is 5.02 Å². The summed E-state index contributed by atoms with van der Waals surface area (Å²) >= 11 is 0. The SMILES string of the molecule is O=NB(O)c1ccc(OC(F)(F)F)cc1. The average Bonchev–Trinajstić information content (AvgIpc) is 2.15. The molecule has 0 unspecified atom stereocenters. The van der Waals surface area contributed by atoms with Crippen LogP contribution in [0.2, 0.25) is 0 Å². The lowest BCUT2D eigenvalue weighted by molar-refractivity contribution is -0.274. The van der Waals surface area contributed by atoms with Crippen LogP contribution in [0.15, 0.2) is 29.4 Å². The molecule has 1 N–H and O–H groups in total. The van der Waals surface area contributed by atoms with Crippen molar-refractivity contribution in [1.82, 2.24) is 0 Å². The van der Waals surface area contributed by atoms with Gasteiger partial charge in [0.2, 0.25) is 0 Å². The summed E-state index contributed by atoms with van der Waals surface area (Å²) in [6, 6.07) is 4.20. The van der Waals surface area contributed by atoms with Crippen LogP contribution in [0.5, 0.6) is 5.75 Å². The Bertz CT molecular complexity index is 340. The van der Waals surface area contributed by atoms with Crippen LogP contribution in [0.4, 0.5) is 13.2 Å². The minimum Gasteiger partial charge on any atom is -0.425 e. The van der Waals surface area contributed by atoms with Gasteiger partial charge in [-0.3, -0.25) is 0 Å². The van der Waals surface area contributed by atoms with Gasteiger partial charge in [-0.2, -0.15) is 4.91 Å². The van der Waals surface area contributed by atoms with Gasteiger partial charge in [-0.15, -0.1) is 13.2 Å². The number of rotatable bonds is 3. The van der Waals surface area contributed by atoms with Gasteiger partial charge in [0.25, 0.3) is 0 Å². The third-order valence-corrected chi connectivity index (χ3v) is 1.51. The highest BCUT2D eigenvalue weighted by Crippen LogP contribution is 2.21. The summed E-state index contributed by atoms with van der Waals surface area (Å²) < 4.78 is 38.8. The van der Waals surface area contributed by atoms with E-state index in [1.807, 2.05) is 0 Å². The lowest BCUT2D eigenvalue weighted by atomic mass is 9.76. The molecule has 0 bridgehead atoms. The van der Waals surface area contributed by atoms with Gasteiger partial charge in [-0.05, 0) is 17.6 Å². The second-order valence-corrected chi connectivity index (χ2v) is 2.60. The van der Waals surface area contributed by atoms with Crippen LogP contribution in [-0.4, -0.2) is 18.4 Å². The minimum atomic E-state index is -4.76. The van der Waals surface area contributed by atoms with Crippen LogP contribution in [0.25, 0.3) is 0 Å². The molecule has 0 aliphatic rings. The van der Waals surface area contributed by atoms with Gasteiger partial charge in [0, 0.05) is 0 Å². The number of alkyl halides is 3. The van der Waals surface area contributed by atoms with Crippen molar-refractivity contribution in [2.24, 2.45) is 5.09 Å². The zero-order valence-electron chi connectivity index (χ0n) is 7.23. The summed E-state index contributed by atoms with van der Waals surface area (Å²) in [6.45, 7) is 0. The van der Waals surface area contributed by atoms with Gasteiger partial charge >= 0.3 is 13.4 Å². The molecule has 80 valence electrons. The molecule has 1 aromatic rings. The predicted octanol–water partition coefficient (Wildman–Crippen LogP) is 1.04. The first-order chi connectivity index (χ1) is 6.92. The van der Waals surface area contributed by atoms with Crippen LogP contribution in [0, 0.1) is 4.91 Å². The van der Waals surface area contributed by atoms with E-state index in [0.717, 1.165) is 24.3 Å². The molecule has 0 aromatic heterocycles. The van der Waals surface area contributed by atoms with E-state index in [1.54, 1.807) is 0 Å². The minimum absolute atomic E-state index is 0.0968. The van der Waals surface area contributed by atoms with Crippen LogP contribution in [0.3, 0.4) is 0 Å². The third-order valence-electron chi connectivity index (χ3n) is 1.51. The molecule has 1 aromatic carbocycles. The van der Waals surface area contributed by atoms with Gasteiger partial charge in [0.15, 0.2) is 0 Å². The zero-order chi connectivity index (χ0) is 11.5. The fraction of sp³-hybridized carbons (Fsp3) is 0.143. The molecule has 0 aliphatic carbocycles. The molecule has 0 aliphatic heterocycles. The van der Waals surface area contributed by atoms with E-state index in [9.17, 15) is 18.1 Å². The van der Waals surface area contributed by atoms with Crippen molar-refractivity contribution in [1.29, 1.82) is 0 Å². The molecule has 4 nitrogen and oxygen atoms in total. The van der Waals surface area contributed by atoms with E-state index in [2.05, 4.69) is 9.82 Å². The molecule has 0 fully saturated rings. The number of halogens is 3. The van der Waals surface area contributed by atoms with Crippen LogP contribution < -0.4 is 10.2 Å². The smallest absolute Gasteiger partial charge is 0.425 e. The quantitative estimate of drug-likeness (QED) is 0.610. The Morgan fingerprint density at radius 3 is 2.20 bits per heavy atom. The first kappa shape index (κ1) is 11.5. The van der Waals surface area contributed by atoms with Gasteiger partial charge in [0.1, 0.15) is 5.75 Å². The number of nitroso groups, excluding NO2 is 1. The largest absolute Gasteiger partial charge is 0.573 e. The molecule has 0 radical (unpaired) electrons. The Labute approximate surface area is 82.8 Å². The Balaban J connectivity index is 2.77. The normalized spacial score (nSPS) is 10.9. The van der Waals surface area contributed by atoms with E-state index in [-0.39, 0.29) is 5.46 Å². The summed E-state index contributed by atoms with van der Waals surface area (Å²) in [7, 11) is -1.58. The lowest BCUT2D eigenvalue weighted by Crippen LogP contribution is -2.27. The number of nitrogens with zero attached hydrogens (tertiary/aromatic N) is 1. The second-order valence-electron chi connectivity index (χ2n) is 2.60. The number of ether oxygens (including phenoxy) is 1. The molecule has 0 amide bonds. The van der Waals surface area contributed by atoms with Crippen molar-refractivity contribution >= 4 is 12.5 Å². The molecule has 8 heteroatoms. The summed E-state index contributed by atoms with van der Waals surface area (Å²) in [4.78, 5) is 9.91. The maximum atomic E-state index is 11.7. The molecule has 15 heavy (non-hydrogen) atoms. The lowest BCUT2D eigenvalue weighted by Gasteiger charge is -2.08. The predicted molar refractivity (Wildman–Crippen MR) is 46.5 cm³/mol. The molecule has 1 rings (SSSR count). The highest BCUT2D eigenvalue weighted by Gasteiger charge is 2.31. The van der Waals surface area contributed by atoms with Crippen molar-refractivity contribution in [3.8, 4) is 5.75 Å². The summed E-state index contributed by atoms with van der Waals surface area (Å²) in [5.41, 5.74) is 0.0968. The van der Waals surface area contributed by atoms with Crippen LogP contribution in [0.1, 0.15) is 0 Å². The zero-order valence-corrected chi connectivity index (χ0v) is 7.23. The average molecular weight is 219 g/mol. The van der Waals surface area contributed by atoms with Crippen molar-refractivity contribution in [2.45, 2.75) is 6.36 Å². The van der Waals surface area contributed by atoms with Crippen molar-refractivity contribution in [2.75, 3.05) is 0 Å². The highest BCUT2D eigenvalue weighted by atomic mass is 19.4. The Hall–Kier alpha value is -1.57. The Kier molecular flexibility index (Phi) is 3.30. The van der Waals surface area contributed by atoms with Gasteiger partial charge in [-0.1, -0.05) is 17.2 Å². The van der Waals surface area contributed by atoms with Gasteiger partial charge in [0.05, 0.1) is 0 Å². The summed E-state index contributed by atoms with van der Waals surface area (Å²) in [5.74, 6) is -0.427. The molecule has 0 saturated carbocycles. The van der Waals surface area contributed by atoms with E-state index >= 15 is 0 Å². The molecule has 0 spiro atoms. The van der Waals surface area contributed by atoms with Gasteiger partial charge in [-0.25, -0.2) is 0 Å². The Morgan fingerprint density at radius 1 is 1.27 bits per heavy atom. The van der Waals surface area contributed by atoms with E-state index in [0.29, 0.717) is 0 Å². The number of hydrogen-bond acceptors (Lipinski definition) is 4. The standard InChI is InChI=1S/C7H5BF3NO3/c9-7(10,11)15-6-3-1-5(2-4-6)8(13)12-14/h1-4,13H. The maximum absolute atomic E-state index is 11.7. The topological polar surface area (TPSA) is 58.9 Å². The molecular weight excluding hydrogens is 214 g/mol. The molecular formula is C7H5BF3NO3. The molecule has 0 heterocycles. The summed E-state index contributed by atoms with van der Waals surface area (Å²) in [5, 5.41) is 11.2. The fourth-order valence-electron chi connectivity index (χ4n) is 0.902. The van der Waals surface area contributed by atoms with Crippen molar-refractivity contribution < 1.29 is 22.9 Å². The Morgan fingerprint density at radius 2 is 1.80 bits per heavy atom. The van der Waals surface area contributed by atoms with Gasteiger partial charge < -0.3 is 9.76 Å². The van der Waals surface area contributed by atoms with Crippen molar-refractivity contribution in [3.05, 3.63) is 29.2 Å². The highest BCUT2D eigenvalue weighted by molar-refractivity contribution is 6.64. The molecule has 0 atom stereocenters. The van der Waals surface area contributed by atoms with Crippen LogP contribution >= 0.6 is 0 Å². The first-order valence-electron chi connectivity index (χ1n) is 3.78. The third kappa shape index (κ3) is 3.58. The number of hydrogen-bond donors (Lipinski definition) is 1. The van der Waals surface area contributed by atoms with E-state index < -0.39 is 19.2 Å². The van der Waals surface area contributed by atoms with Crippen molar-refractivity contribution in [3.63, 3.8) is 0 Å². The monoisotopic (exact) mass is 219 g/mol. The number of benzene rings is 1. The second kappa shape index (κ2) is 4.30.